The van der Waals surface area contributed by atoms with Crippen molar-refractivity contribution in [3.8, 4) is 6.07 Å². The molecule has 0 unspecified atom stereocenters. The third-order valence-corrected chi connectivity index (χ3v) is 4.81. The van der Waals surface area contributed by atoms with Crippen LogP contribution >= 0.6 is 11.6 Å². The van der Waals surface area contributed by atoms with E-state index in [-0.39, 0.29) is 40.4 Å². The highest BCUT2D eigenvalue weighted by atomic mass is 35.5. The highest BCUT2D eigenvalue weighted by molar-refractivity contribution is 7.89. The largest absolute Gasteiger partial charge is 0.355 e. The van der Waals surface area contributed by atoms with Gasteiger partial charge in [0.15, 0.2) is 0 Å². The summed E-state index contributed by atoms with van der Waals surface area (Å²) in [5, 5.41) is 11.5. The van der Waals surface area contributed by atoms with E-state index in [1.807, 2.05) is 6.07 Å². The van der Waals surface area contributed by atoms with Crippen LogP contribution in [-0.4, -0.2) is 27.4 Å². The van der Waals surface area contributed by atoms with E-state index < -0.39 is 10.0 Å². The average Bonchev–Trinajstić information content (AvgIpc) is 3.28. The molecular weight excluding hydrogens is 314 g/mol. The van der Waals surface area contributed by atoms with Crippen LogP contribution in [0.25, 0.3) is 0 Å². The van der Waals surface area contributed by atoms with Gasteiger partial charge in [0.05, 0.1) is 15.5 Å². The molecule has 2 rings (SSSR count). The number of benzene rings is 1. The number of hydrogen-bond acceptors (Lipinski definition) is 4. The number of nitrogens with zero attached hydrogens (tertiary/aromatic N) is 1. The summed E-state index contributed by atoms with van der Waals surface area (Å²) < 4.78 is 26.4. The maximum atomic E-state index is 12.0. The number of halogens is 1. The second-order valence-corrected chi connectivity index (χ2v) is 6.89. The molecule has 2 N–H and O–H groups in total. The maximum absolute atomic E-state index is 12.0. The first-order valence-electron chi connectivity index (χ1n) is 6.41. The first-order valence-corrected chi connectivity index (χ1v) is 8.27. The van der Waals surface area contributed by atoms with Crippen molar-refractivity contribution in [1.82, 2.24) is 10.0 Å². The fourth-order valence-electron chi connectivity index (χ4n) is 1.70. The molecule has 0 aromatic heterocycles. The zero-order chi connectivity index (χ0) is 15.5. The van der Waals surface area contributed by atoms with Crippen LogP contribution in [0, 0.1) is 17.2 Å². The molecule has 0 saturated heterocycles. The number of nitriles is 1. The van der Waals surface area contributed by atoms with Crippen LogP contribution in [0.3, 0.4) is 0 Å². The van der Waals surface area contributed by atoms with Crippen molar-refractivity contribution in [3.63, 3.8) is 0 Å². The van der Waals surface area contributed by atoms with Crippen molar-refractivity contribution in [2.75, 3.05) is 13.1 Å². The lowest BCUT2D eigenvalue weighted by Crippen LogP contribution is -2.35. The molecule has 0 aliphatic heterocycles. The van der Waals surface area contributed by atoms with E-state index in [9.17, 15) is 13.2 Å². The molecule has 1 aromatic rings. The standard InChI is InChI=1S/C13H14ClN3O3S/c14-12-7-11(4-3-10(12)8-15)21(19,20)17-6-5-16-13(18)9-1-2-9/h3-4,7,9,17H,1-2,5-6H2,(H,16,18). The SMILES string of the molecule is N#Cc1ccc(S(=O)(=O)NCCNC(=O)C2CC2)cc1Cl. The van der Waals surface area contributed by atoms with Gasteiger partial charge in [-0.3, -0.25) is 4.79 Å². The van der Waals surface area contributed by atoms with Crippen LogP contribution in [0.1, 0.15) is 18.4 Å². The van der Waals surface area contributed by atoms with Gasteiger partial charge in [0.1, 0.15) is 6.07 Å². The van der Waals surface area contributed by atoms with E-state index in [1.54, 1.807) is 0 Å². The molecule has 1 aromatic carbocycles. The van der Waals surface area contributed by atoms with Crippen LogP contribution < -0.4 is 10.0 Å². The first-order chi connectivity index (χ1) is 9.94. The molecule has 1 aliphatic carbocycles. The maximum Gasteiger partial charge on any atom is 0.240 e. The fourth-order valence-corrected chi connectivity index (χ4v) is 3.04. The van der Waals surface area contributed by atoms with Gasteiger partial charge in [-0.25, -0.2) is 13.1 Å². The minimum atomic E-state index is -3.71. The number of carbonyl (C=O) groups is 1. The molecule has 0 spiro atoms. The predicted octanol–water partition coefficient (Wildman–Crippen LogP) is 1.02. The topological polar surface area (TPSA) is 99.1 Å². The van der Waals surface area contributed by atoms with E-state index in [1.165, 1.54) is 18.2 Å². The minimum absolute atomic E-state index is 0.0139. The second kappa shape index (κ2) is 6.43. The summed E-state index contributed by atoms with van der Waals surface area (Å²) in [4.78, 5) is 11.4. The van der Waals surface area contributed by atoms with E-state index >= 15 is 0 Å². The Labute approximate surface area is 128 Å². The summed E-state index contributed by atoms with van der Waals surface area (Å²) in [7, 11) is -3.71. The van der Waals surface area contributed by atoms with Crippen molar-refractivity contribution in [1.29, 1.82) is 5.26 Å². The normalized spacial score (nSPS) is 14.5. The number of rotatable bonds is 6. The zero-order valence-corrected chi connectivity index (χ0v) is 12.7. The summed E-state index contributed by atoms with van der Waals surface area (Å²) in [6.07, 6.45) is 1.81. The Balaban J connectivity index is 1.90. The van der Waals surface area contributed by atoms with Crippen LogP contribution in [0.15, 0.2) is 23.1 Å². The van der Waals surface area contributed by atoms with Gasteiger partial charge in [0.2, 0.25) is 15.9 Å². The Hall–Kier alpha value is -1.62. The van der Waals surface area contributed by atoms with Gasteiger partial charge in [0.25, 0.3) is 0 Å². The number of nitrogens with one attached hydrogen (secondary N) is 2. The molecular formula is C13H14ClN3O3S. The Kier molecular flexibility index (Phi) is 4.83. The molecule has 1 fully saturated rings. The molecule has 0 atom stereocenters. The minimum Gasteiger partial charge on any atom is -0.355 e. The highest BCUT2D eigenvalue weighted by Crippen LogP contribution is 2.28. The Morgan fingerprint density at radius 2 is 2.10 bits per heavy atom. The molecule has 0 bridgehead atoms. The zero-order valence-electron chi connectivity index (χ0n) is 11.1. The second-order valence-electron chi connectivity index (χ2n) is 4.72. The van der Waals surface area contributed by atoms with Crippen LogP contribution in [0.4, 0.5) is 0 Å². The molecule has 1 amide bonds. The van der Waals surface area contributed by atoms with Crippen molar-refractivity contribution >= 4 is 27.5 Å². The van der Waals surface area contributed by atoms with Crippen LogP contribution in [0.2, 0.25) is 5.02 Å². The van der Waals surface area contributed by atoms with Gasteiger partial charge >= 0.3 is 0 Å². The van der Waals surface area contributed by atoms with E-state index in [2.05, 4.69) is 10.0 Å². The predicted molar refractivity (Wildman–Crippen MR) is 77.1 cm³/mol. The molecule has 0 radical (unpaired) electrons. The first kappa shape index (κ1) is 15.8. The fraction of sp³-hybridized carbons (Fsp3) is 0.385. The van der Waals surface area contributed by atoms with Crippen molar-refractivity contribution in [3.05, 3.63) is 28.8 Å². The number of sulfonamides is 1. The van der Waals surface area contributed by atoms with Crippen LogP contribution in [0.5, 0.6) is 0 Å². The van der Waals surface area contributed by atoms with Crippen LogP contribution in [-0.2, 0) is 14.8 Å². The Morgan fingerprint density at radius 3 is 2.67 bits per heavy atom. The summed E-state index contributed by atoms with van der Waals surface area (Å²) >= 11 is 5.81. The summed E-state index contributed by atoms with van der Waals surface area (Å²) in [6.45, 7) is 0.330. The quantitative estimate of drug-likeness (QED) is 0.762. The van der Waals surface area contributed by atoms with Gasteiger partial charge in [0, 0.05) is 19.0 Å². The number of carbonyl (C=O) groups excluding carboxylic acids is 1. The molecule has 1 saturated carbocycles. The molecule has 0 heterocycles. The van der Waals surface area contributed by atoms with E-state index in [0.29, 0.717) is 0 Å². The lowest BCUT2D eigenvalue weighted by atomic mass is 10.2. The highest BCUT2D eigenvalue weighted by Gasteiger charge is 2.29. The summed E-state index contributed by atoms with van der Waals surface area (Å²) in [6, 6.07) is 5.76. The summed E-state index contributed by atoms with van der Waals surface area (Å²) in [5.74, 6) is 0.0644. The van der Waals surface area contributed by atoms with Gasteiger partial charge in [-0.2, -0.15) is 5.26 Å². The monoisotopic (exact) mass is 327 g/mol. The Bertz CT molecular complexity index is 693. The molecule has 21 heavy (non-hydrogen) atoms. The van der Waals surface area contributed by atoms with E-state index in [4.69, 9.17) is 16.9 Å². The van der Waals surface area contributed by atoms with Gasteiger partial charge in [-0.1, -0.05) is 11.6 Å². The molecule has 8 heteroatoms. The van der Waals surface area contributed by atoms with E-state index in [0.717, 1.165) is 12.8 Å². The van der Waals surface area contributed by atoms with Gasteiger partial charge in [-0.05, 0) is 31.0 Å². The smallest absolute Gasteiger partial charge is 0.240 e. The lowest BCUT2D eigenvalue weighted by molar-refractivity contribution is -0.122. The molecule has 6 nitrogen and oxygen atoms in total. The third kappa shape index (κ3) is 4.17. The lowest BCUT2D eigenvalue weighted by Gasteiger charge is -2.08. The number of amides is 1. The van der Waals surface area contributed by atoms with Gasteiger partial charge in [-0.15, -0.1) is 0 Å². The third-order valence-electron chi connectivity index (χ3n) is 3.04. The molecule has 112 valence electrons. The number of hydrogen-bond donors (Lipinski definition) is 2. The molecule has 1 aliphatic rings. The van der Waals surface area contributed by atoms with Gasteiger partial charge < -0.3 is 5.32 Å². The van der Waals surface area contributed by atoms with Crippen molar-refractivity contribution in [2.24, 2.45) is 5.92 Å². The Morgan fingerprint density at radius 1 is 1.38 bits per heavy atom. The van der Waals surface area contributed by atoms with Crippen molar-refractivity contribution in [2.45, 2.75) is 17.7 Å². The average molecular weight is 328 g/mol. The summed E-state index contributed by atoms with van der Waals surface area (Å²) in [5.41, 5.74) is 0.215. The van der Waals surface area contributed by atoms with Crippen molar-refractivity contribution < 1.29 is 13.2 Å².